The van der Waals surface area contributed by atoms with Crippen LogP contribution in [0.2, 0.25) is 0 Å². The van der Waals surface area contributed by atoms with Crippen LogP contribution in [0.5, 0.6) is 0 Å². The second-order valence-corrected chi connectivity index (χ2v) is 13.7. The molecule has 43 heavy (non-hydrogen) atoms. The first-order valence-electron chi connectivity index (χ1n) is 14.6. The average molecular weight is 596 g/mol. The molecule has 2 aromatic heterocycles. The summed E-state index contributed by atoms with van der Waals surface area (Å²) in [4.78, 5) is 49.9. The van der Waals surface area contributed by atoms with Crippen molar-refractivity contribution >= 4 is 28.8 Å². The molecule has 2 aliphatic rings. The van der Waals surface area contributed by atoms with Crippen molar-refractivity contribution in [1.29, 1.82) is 0 Å². The number of carbonyl (C=O) groups excluding carboxylic acids is 2. The van der Waals surface area contributed by atoms with Gasteiger partial charge in [-0.3, -0.25) is 19.3 Å². The molecule has 222 valence electrons. The maximum absolute atomic E-state index is 13.5. The van der Waals surface area contributed by atoms with Gasteiger partial charge in [0.25, 0.3) is 11.5 Å². The summed E-state index contributed by atoms with van der Waals surface area (Å²) in [5.41, 5.74) is 6.61. The van der Waals surface area contributed by atoms with E-state index >= 15 is 0 Å². The summed E-state index contributed by atoms with van der Waals surface area (Å²) in [6, 6.07) is 15.6. The number of piperazine rings is 1. The molecule has 2 aliphatic heterocycles. The van der Waals surface area contributed by atoms with E-state index in [4.69, 9.17) is 4.98 Å². The molecule has 0 spiro atoms. The number of nitrogens with zero attached hydrogens (tertiary/aromatic N) is 4. The largest absolute Gasteiger partial charge is 0.353 e. The number of likely N-dealkylation sites (N-methyl/N-ethyl adjacent to an activating group) is 1. The summed E-state index contributed by atoms with van der Waals surface area (Å²) in [5, 5.41) is 2.93. The van der Waals surface area contributed by atoms with E-state index in [2.05, 4.69) is 32.2 Å². The quantitative estimate of drug-likeness (QED) is 0.352. The normalized spacial score (nSPS) is 17.3. The van der Waals surface area contributed by atoms with Gasteiger partial charge in [-0.2, -0.15) is 0 Å². The van der Waals surface area contributed by atoms with E-state index in [9.17, 15) is 14.4 Å². The molecule has 1 saturated heterocycles. The Morgan fingerprint density at radius 1 is 1.05 bits per heavy atom. The second kappa shape index (κ2) is 10.9. The van der Waals surface area contributed by atoms with Gasteiger partial charge in [-0.05, 0) is 53.8 Å². The molecular weight excluding hydrogens is 558 g/mol. The molecule has 0 aliphatic carbocycles. The third-order valence-electron chi connectivity index (χ3n) is 8.45. The van der Waals surface area contributed by atoms with E-state index in [-0.39, 0.29) is 28.8 Å². The smallest absolute Gasteiger partial charge is 0.272 e. The van der Waals surface area contributed by atoms with Gasteiger partial charge in [0.1, 0.15) is 11.7 Å². The molecule has 2 aromatic carbocycles. The third kappa shape index (κ3) is 5.32. The fourth-order valence-electron chi connectivity index (χ4n) is 5.96. The van der Waals surface area contributed by atoms with Crippen LogP contribution in [-0.2, 0) is 30.2 Å². The number of aryl methyl sites for hydroxylation is 1. The van der Waals surface area contributed by atoms with Gasteiger partial charge in [0.05, 0.1) is 17.1 Å². The van der Waals surface area contributed by atoms with Crippen LogP contribution in [0, 0.1) is 6.92 Å². The average Bonchev–Trinajstić information content (AvgIpc) is 3.52. The van der Waals surface area contributed by atoms with Crippen LogP contribution >= 0.6 is 11.3 Å². The Bertz CT molecular complexity index is 1800. The lowest BCUT2D eigenvalue weighted by Crippen LogP contribution is -2.48. The van der Waals surface area contributed by atoms with Gasteiger partial charge in [0.15, 0.2) is 0 Å². The van der Waals surface area contributed by atoms with E-state index in [1.165, 1.54) is 4.88 Å². The van der Waals surface area contributed by atoms with Gasteiger partial charge in [-0.1, -0.05) is 57.2 Å². The van der Waals surface area contributed by atoms with Crippen molar-refractivity contribution in [2.24, 2.45) is 7.05 Å². The Labute approximate surface area is 256 Å². The summed E-state index contributed by atoms with van der Waals surface area (Å²) in [7, 11) is 3.70. The summed E-state index contributed by atoms with van der Waals surface area (Å²) in [6.45, 7) is 10.5. The van der Waals surface area contributed by atoms with Crippen molar-refractivity contribution in [1.82, 2.24) is 19.8 Å². The summed E-state index contributed by atoms with van der Waals surface area (Å²) in [5.74, 6) is 0.0356. The number of benzene rings is 2. The number of thiophene rings is 1. The van der Waals surface area contributed by atoms with Gasteiger partial charge in [-0.15, -0.1) is 11.3 Å². The van der Waals surface area contributed by atoms with Crippen molar-refractivity contribution in [2.45, 2.75) is 52.1 Å². The lowest BCUT2D eigenvalue weighted by molar-refractivity contribution is -0.128. The Hall–Kier alpha value is -4.08. The van der Waals surface area contributed by atoms with E-state index in [0.29, 0.717) is 30.9 Å². The number of fused-ring (bicyclic) bond motifs is 1. The van der Waals surface area contributed by atoms with Gasteiger partial charge < -0.3 is 14.8 Å². The van der Waals surface area contributed by atoms with E-state index in [0.717, 1.165) is 44.9 Å². The number of amides is 2. The van der Waals surface area contributed by atoms with Crippen LogP contribution in [0.15, 0.2) is 59.5 Å². The minimum Gasteiger partial charge on any atom is -0.353 e. The highest BCUT2D eigenvalue weighted by Crippen LogP contribution is 2.40. The Morgan fingerprint density at radius 3 is 2.47 bits per heavy atom. The molecule has 1 atom stereocenters. The van der Waals surface area contributed by atoms with Crippen LogP contribution in [0.1, 0.15) is 69.3 Å². The van der Waals surface area contributed by atoms with Crippen molar-refractivity contribution in [2.75, 3.05) is 25.0 Å². The molecule has 1 N–H and O–H groups in total. The Balaban J connectivity index is 1.28. The third-order valence-corrected chi connectivity index (χ3v) is 10.0. The predicted octanol–water partition coefficient (Wildman–Crippen LogP) is 4.97. The highest BCUT2D eigenvalue weighted by Gasteiger charge is 2.34. The highest BCUT2D eigenvalue weighted by molar-refractivity contribution is 7.14. The van der Waals surface area contributed by atoms with E-state index < -0.39 is 0 Å². The zero-order valence-corrected chi connectivity index (χ0v) is 26.3. The summed E-state index contributed by atoms with van der Waals surface area (Å²) < 4.78 is 1.58. The number of hydrogen-bond donors (Lipinski definition) is 1. The van der Waals surface area contributed by atoms with Crippen molar-refractivity contribution in [3.63, 3.8) is 0 Å². The molecule has 1 unspecified atom stereocenters. The molecule has 4 heterocycles. The zero-order valence-electron chi connectivity index (χ0n) is 25.5. The first-order valence-corrected chi connectivity index (χ1v) is 15.4. The molecule has 0 radical (unpaired) electrons. The lowest BCUT2D eigenvalue weighted by Gasteiger charge is -2.32. The molecule has 8 nitrogen and oxygen atoms in total. The molecule has 6 rings (SSSR count). The van der Waals surface area contributed by atoms with Crippen molar-refractivity contribution < 1.29 is 9.59 Å². The number of nitrogens with one attached hydrogen (secondary N) is 1. The summed E-state index contributed by atoms with van der Waals surface area (Å²) >= 11 is 1.59. The van der Waals surface area contributed by atoms with E-state index in [1.54, 1.807) is 29.1 Å². The van der Waals surface area contributed by atoms with Gasteiger partial charge >= 0.3 is 0 Å². The number of aromatic nitrogens is 2. The van der Waals surface area contributed by atoms with Crippen LogP contribution in [-0.4, -0.2) is 46.4 Å². The SMILES string of the molecule is Cc1c(-c2cn(C)c(=O)c(Cc3ccc(C4C(=O)NCCN4C)cc3)n2)cccc1N1Cc2cc(C(C)(C)C)sc2C1=O. The molecule has 0 saturated carbocycles. The van der Waals surface area contributed by atoms with Crippen LogP contribution < -0.4 is 15.8 Å². The molecule has 0 bridgehead atoms. The van der Waals surface area contributed by atoms with Gasteiger partial charge in [0.2, 0.25) is 5.91 Å². The van der Waals surface area contributed by atoms with Crippen LogP contribution in [0.3, 0.4) is 0 Å². The van der Waals surface area contributed by atoms with Crippen molar-refractivity contribution in [3.05, 3.63) is 103 Å². The maximum atomic E-state index is 13.5. The topological polar surface area (TPSA) is 87.5 Å². The van der Waals surface area contributed by atoms with Gasteiger partial charge in [0, 0.05) is 48.9 Å². The van der Waals surface area contributed by atoms with Crippen LogP contribution in [0.25, 0.3) is 11.3 Å². The number of hydrogen-bond acceptors (Lipinski definition) is 6. The molecular formula is C34H37N5O3S. The minimum atomic E-state index is -0.318. The molecule has 9 heteroatoms. The van der Waals surface area contributed by atoms with E-state index in [1.807, 2.05) is 66.2 Å². The lowest BCUT2D eigenvalue weighted by atomic mass is 9.94. The zero-order chi connectivity index (χ0) is 30.6. The summed E-state index contributed by atoms with van der Waals surface area (Å²) in [6.07, 6.45) is 2.13. The van der Waals surface area contributed by atoms with Gasteiger partial charge in [-0.25, -0.2) is 4.98 Å². The fraction of sp³-hybridized carbons (Fsp3) is 0.353. The number of rotatable bonds is 5. The molecule has 2 amide bonds. The minimum absolute atomic E-state index is 0.00300. The second-order valence-electron chi connectivity index (χ2n) is 12.6. The highest BCUT2D eigenvalue weighted by atomic mass is 32.1. The van der Waals surface area contributed by atoms with Crippen molar-refractivity contribution in [3.8, 4) is 11.3 Å². The molecule has 4 aromatic rings. The standard InChI is InChI=1S/C34H37N5O3S/c1-20-24(8-7-9-27(20)39-18-23-17-28(34(2,3)4)43-30(23)33(39)42)26-19-38(6)32(41)25(36-26)16-21-10-12-22(13-11-21)29-31(40)35-14-15-37(29)5/h7-13,17,19,29H,14-16,18H2,1-6H3,(H,35,40). The molecule has 1 fully saturated rings. The number of anilines is 1. The first-order chi connectivity index (χ1) is 20.4. The first kappa shape index (κ1) is 29.0. The monoisotopic (exact) mass is 595 g/mol. The van der Waals surface area contributed by atoms with Crippen LogP contribution in [0.4, 0.5) is 5.69 Å². The fourth-order valence-corrected chi connectivity index (χ4v) is 7.14. The Kier molecular flexibility index (Phi) is 7.34. The maximum Gasteiger partial charge on any atom is 0.272 e. The number of carbonyl (C=O) groups is 2. The Morgan fingerprint density at radius 2 is 1.79 bits per heavy atom. The predicted molar refractivity (Wildman–Crippen MR) is 171 cm³/mol.